The van der Waals surface area contributed by atoms with Crippen LogP contribution in [-0.2, 0) is 34.6 Å². The Morgan fingerprint density at radius 1 is 0.809 bits per heavy atom. The second-order valence-electron chi connectivity index (χ2n) is 14.9. The second-order valence-corrected chi connectivity index (χ2v) is 15.9. The predicted molar refractivity (Wildman–Crippen MR) is 186 cm³/mol. The summed E-state index contributed by atoms with van der Waals surface area (Å²) < 4.78 is 18.1. The fourth-order valence-corrected chi connectivity index (χ4v) is 6.45. The fraction of sp³-hybridized carbons (Fsp3) is 0.714. The van der Waals surface area contributed by atoms with Gasteiger partial charge in [-0.25, -0.2) is 0 Å². The maximum absolute atomic E-state index is 13.5. The van der Waals surface area contributed by atoms with Gasteiger partial charge in [-0.2, -0.15) is 0 Å². The van der Waals surface area contributed by atoms with Crippen molar-refractivity contribution in [1.29, 1.82) is 0 Å². The van der Waals surface area contributed by atoms with Gasteiger partial charge in [0.2, 0.25) is 23.6 Å². The maximum atomic E-state index is 13.5. The van der Waals surface area contributed by atoms with E-state index in [1.54, 1.807) is 31.2 Å². The van der Waals surface area contributed by atoms with Gasteiger partial charge in [-0.1, -0.05) is 58.1 Å². The van der Waals surface area contributed by atoms with Gasteiger partial charge in [0.1, 0.15) is 23.9 Å². The third kappa shape index (κ3) is 16.3. The Morgan fingerprint density at radius 3 is 1.89 bits per heavy atom. The molecule has 266 valence electrons. The van der Waals surface area contributed by atoms with Crippen molar-refractivity contribution >= 4 is 32.2 Å². The molecule has 0 heterocycles. The lowest BCUT2D eigenvalue weighted by atomic mass is 9.87. The lowest BCUT2D eigenvalue weighted by Crippen LogP contribution is -2.58. The van der Waals surface area contributed by atoms with E-state index in [0.29, 0.717) is 18.2 Å². The third-order valence-electron chi connectivity index (χ3n) is 7.51. The van der Waals surface area contributed by atoms with E-state index in [2.05, 4.69) is 21.3 Å². The summed E-state index contributed by atoms with van der Waals surface area (Å²) in [7, 11) is -1.69. The first-order valence-corrected chi connectivity index (χ1v) is 18.0. The van der Waals surface area contributed by atoms with Crippen molar-refractivity contribution < 1.29 is 32.7 Å². The fourth-order valence-electron chi connectivity index (χ4n) is 5.15. The summed E-state index contributed by atoms with van der Waals surface area (Å²) in [5.74, 6) is -0.676. The number of benzene rings is 1. The lowest BCUT2D eigenvalue weighted by Gasteiger charge is -2.30. The minimum atomic E-state index is -1.69. The highest BCUT2D eigenvalue weighted by Crippen LogP contribution is 2.47. The summed E-state index contributed by atoms with van der Waals surface area (Å²) in [6.07, 6.45) is 7.33. The van der Waals surface area contributed by atoms with Crippen LogP contribution >= 0.6 is 8.60 Å². The molecule has 0 unspecified atom stereocenters. The van der Waals surface area contributed by atoms with E-state index >= 15 is 0 Å². The number of carbonyl (C=O) groups excluding carboxylic acids is 4. The topological polar surface area (TPSA) is 144 Å². The van der Waals surface area contributed by atoms with E-state index < -0.39 is 49.7 Å². The zero-order valence-corrected chi connectivity index (χ0v) is 31.1. The van der Waals surface area contributed by atoms with Crippen LogP contribution in [0.5, 0.6) is 5.75 Å². The number of hydrogen-bond donors (Lipinski definition) is 4. The number of nitrogens with one attached hydrogen (secondary N) is 4. The van der Waals surface area contributed by atoms with Crippen molar-refractivity contribution in [3.8, 4) is 5.75 Å². The Hall–Kier alpha value is -2.75. The van der Waals surface area contributed by atoms with Crippen LogP contribution < -0.4 is 25.8 Å². The SMILES string of the molecule is CC(=O)N[C@@H](Cc1ccc(OP(OC(C)(C)C)OC(C)(C)C)cc1)C(=O)N[C@H](C(=O)N[C@@H](C)C(=O)NCCC1CCCCC1)C(C)C. The zero-order valence-electron chi connectivity index (χ0n) is 30.2. The van der Waals surface area contributed by atoms with Gasteiger partial charge in [0.15, 0.2) is 0 Å². The molecular formula is C35H59N4O7P. The molecule has 0 saturated heterocycles. The molecule has 4 amide bonds. The predicted octanol–water partition coefficient (Wildman–Crippen LogP) is 5.70. The summed E-state index contributed by atoms with van der Waals surface area (Å²) in [4.78, 5) is 51.4. The van der Waals surface area contributed by atoms with Crippen LogP contribution in [0.4, 0.5) is 0 Å². The lowest BCUT2D eigenvalue weighted by molar-refractivity contribution is -0.134. The van der Waals surface area contributed by atoms with Crippen LogP contribution in [0.3, 0.4) is 0 Å². The molecule has 47 heavy (non-hydrogen) atoms. The van der Waals surface area contributed by atoms with E-state index in [-0.39, 0.29) is 24.2 Å². The molecule has 1 aromatic rings. The Morgan fingerprint density at radius 2 is 1.38 bits per heavy atom. The van der Waals surface area contributed by atoms with Gasteiger partial charge in [-0.3, -0.25) is 28.2 Å². The molecule has 1 fully saturated rings. The van der Waals surface area contributed by atoms with Crippen molar-refractivity contribution in [3.05, 3.63) is 29.8 Å². The molecule has 0 bridgehead atoms. The number of hydrogen-bond acceptors (Lipinski definition) is 7. The molecule has 0 aromatic heterocycles. The minimum absolute atomic E-state index is 0.184. The van der Waals surface area contributed by atoms with Crippen LogP contribution in [0, 0.1) is 11.8 Å². The van der Waals surface area contributed by atoms with Crippen molar-refractivity contribution in [2.24, 2.45) is 11.8 Å². The van der Waals surface area contributed by atoms with Gasteiger partial charge in [0.05, 0.1) is 11.2 Å². The summed E-state index contributed by atoms with van der Waals surface area (Å²) in [5, 5.41) is 11.2. The van der Waals surface area contributed by atoms with Gasteiger partial charge in [0, 0.05) is 19.9 Å². The van der Waals surface area contributed by atoms with Gasteiger partial charge < -0.3 is 25.8 Å². The second kappa shape index (κ2) is 18.7. The molecule has 1 aliphatic carbocycles. The smallest absolute Gasteiger partial charge is 0.398 e. The number of carbonyl (C=O) groups is 4. The Bertz CT molecular complexity index is 1140. The first kappa shape index (κ1) is 40.4. The summed E-state index contributed by atoms with van der Waals surface area (Å²) >= 11 is 0. The monoisotopic (exact) mass is 678 g/mol. The van der Waals surface area contributed by atoms with E-state index in [1.807, 2.05) is 55.4 Å². The zero-order chi connectivity index (χ0) is 35.4. The Kier molecular flexibility index (Phi) is 16.1. The Balaban J connectivity index is 2.02. The molecule has 12 heteroatoms. The largest absolute Gasteiger partial charge is 0.427 e. The number of rotatable bonds is 16. The summed E-state index contributed by atoms with van der Waals surface area (Å²) in [5.41, 5.74) is -0.175. The van der Waals surface area contributed by atoms with Gasteiger partial charge in [-0.05, 0) is 84.4 Å². The van der Waals surface area contributed by atoms with Gasteiger partial charge in [-0.15, -0.1) is 0 Å². The highest BCUT2D eigenvalue weighted by molar-refractivity contribution is 7.42. The van der Waals surface area contributed by atoms with Crippen LogP contribution in [0.1, 0.15) is 113 Å². The first-order valence-electron chi connectivity index (χ1n) is 16.9. The van der Waals surface area contributed by atoms with Crippen LogP contribution in [0.25, 0.3) is 0 Å². The van der Waals surface area contributed by atoms with Crippen molar-refractivity contribution in [1.82, 2.24) is 21.3 Å². The van der Waals surface area contributed by atoms with Gasteiger partial charge in [0.25, 0.3) is 0 Å². The highest BCUT2D eigenvalue weighted by Gasteiger charge is 2.31. The van der Waals surface area contributed by atoms with Crippen molar-refractivity contribution in [3.63, 3.8) is 0 Å². The Labute approximate surface area is 283 Å². The van der Waals surface area contributed by atoms with Gasteiger partial charge >= 0.3 is 8.60 Å². The normalized spacial score (nSPS) is 16.3. The van der Waals surface area contributed by atoms with Crippen LogP contribution in [-0.4, -0.2) is 59.5 Å². The molecule has 0 aliphatic heterocycles. The quantitative estimate of drug-likeness (QED) is 0.164. The average Bonchev–Trinajstić information content (AvgIpc) is 2.94. The first-order chi connectivity index (χ1) is 21.8. The summed E-state index contributed by atoms with van der Waals surface area (Å²) in [6.45, 7) is 18.7. The summed E-state index contributed by atoms with van der Waals surface area (Å²) in [6, 6.07) is 4.54. The molecule has 4 N–H and O–H groups in total. The highest BCUT2D eigenvalue weighted by atomic mass is 31.2. The third-order valence-corrected chi connectivity index (χ3v) is 9.26. The molecule has 2 rings (SSSR count). The number of amides is 4. The minimum Gasteiger partial charge on any atom is -0.427 e. The molecule has 3 atom stereocenters. The van der Waals surface area contributed by atoms with Crippen LogP contribution in [0.15, 0.2) is 24.3 Å². The molecule has 1 aromatic carbocycles. The van der Waals surface area contributed by atoms with E-state index in [0.717, 1.165) is 12.0 Å². The average molecular weight is 679 g/mol. The van der Waals surface area contributed by atoms with E-state index in [1.165, 1.54) is 39.0 Å². The van der Waals surface area contributed by atoms with E-state index in [9.17, 15) is 19.2 Å². The molecule has 0 spiro atoms. The van der Waals surface area contributed by atoms with E-state index in [4.69, 9.17) is 13.6 Å². The molecular weight excluding hydrogens is 619 g/mol. The van der Waals surface area contributed by atoms with Crippen LogP contribution in [0.2, 0.25) is 0 Å². The maximum Gasteiger partial charge on any atom is 0.398 e. The van der Waals surface area contributed by atoms with Crippen molar-refractivity contribution in [2.45, 2.75) is 144 Å². The standard InChI is InChI=1S/C35H59N4O7P/c1-23(2)30(33(43)37-24(3)31(41)36-21-20-26-14-12-11-13-15-26)39-32(42)29(38-25(4)40)22-27-16-18-28(19-17-27)44-47(45-34(5,6)7)46-35(8,9)10/h16-19,23-24,26,29-30H,11-15,20-22H2,1-10H3,(H,36,41)(H,37,43)(H,38,40)(H,39,42)/t24-,29-,30-/m0/s1. The molecule has 1 aliphatic rings. The van der Waals surface area contributed by atoms with Crippen molar-refractivity contribution in [2.75, 3.05) is 6.54 Å². The molecule has 11 nitrogen and oxygen atoms in total. The molecule has 1 saturated carbocycles. The molecule has 0 radical (unpaired) electrons.